The van der Waals surface area contributed by atoms with E-state index in [-0.39, 0.29) is 11.3 Å². The van der Waals surface area contributed by atoms with Gasteiger partial charge in [0, 0.05) is 57.1 Å². The fraction of sp³-hybridized carbons (Fsp3) is 0.308. The molecule has 2 heterocycles. The zero-order valence-corrected chi connectivity index (χ0v) is 19.8. The molecule has 0 aliphatic carbocycles. The number of benzene rings is 2. The van der Waals surface area contributed by atoms with Crippen LogP contribution in [0.25, 0.3) is 11.3 Å². The minimum Gasteiger partial charge on any atom is -0.457 e. The van der Waals surface area contributed by atoms with Gasteiger partial charge in [-0.3, -0.25) is 20.2 Å². The van der Waals surface area contributed by atoms with Gasteiger partial charge in [-0.1, -0.05) is 6.07 Å². The smallest absolute Gasteiger partial charge is 0.416 e. The van der Waals surface area contributed by atoms with Gasteiger partial charge in [0.1, 0.15) is 11.5 Å². The first-order chi connectivity index (χ1) is 17.3. The van der Waals surface area contributed by atoms with Gasteiger partial charge in [0.05, 0.1) is 17.0 Å². The van der Waals surface area contributed by atoms with E-state index in [0.717, 1.165) is 55.3 Å². The van der Waals surface area contributed by atoms with E-state index in [1.165, 1.54) is 19.3 Å². The maximum atomic E-state index is 13.1. The second-order valence-electron chi connectivity index (χ2n) is 8.32. The summed E-state index contributed by atoms with van der Waals surface area (Å²) in [5.74, 6) is 0.769. The van der Waals surface area contributed by atoms with Crippen molar-refractivity contribution in [1.29, 1.82) is 0 Å². The first-order valence-electron chi connectivity index (χ1n) is 11.6. The van der Waals surface area contributed by atoms with Crippen molar-refractivity contribution in [2.75, 3.05) is 33.2 Å². The van der Waals surface area contributed by atoms with Crippen molar-refractivity contribution in [3.05, 3.63) is 77.5 Å². The van der Waals surface area contributed by atoms with E-state index in [1.54, 1.807) is 12.1 Å². The first-order valence-corrected chi connectivity index (χ1v) is 11.6. The highest BCUT2D eigenvalue weighted by molar-refractivity contribution is 5.84. The highest BCUT2D eigenvalue weighted by atomic mass is 19.4. The van der Waals surface area contributed by atoms with E-state index < -0.39 is 18.1 Å². The van der Waals surface area contributed by atoms with E-state index in [9.17, 15) is 18.3 Å². The summed E-state index contributed by atoms with van der Waals surface area (Å²) in [5.41, 5.74) is 2.06. The Kier molecular flexibility index (Phi) is 8.32. The molecule has 10 heteroatoms. The normalized spacial score (nSPS) is 16.6. The Labute approximate surface area is 207 Å². The molecule has 0 bridgehead atoms. The van der Waals surface area contributed by atoms with Crippen LogP contribution in [0.5, 0.6) is 11.5 Å². The van der Waals surface area contributed by atoms with Crippen LogP contribution in [0.2, 0.25) is 0 Å². The molecular formula is C26H28F3N5O2. The predicted molar refractivity (Wildman–Crippen MR) is 132 cm³/mol. The fourth-order valence-corrected chi connectivity index (χ4v) is 3.88. The maximum absolute atomic E-state index is 13.1. The molecule has 1 unspecified atom stereocenters. The van der Waals surface area contributed by atoms with Crippen LogP contribution in [0.3, 0.4) is 0 Å². The largest absolute Gasteiger partial charge is 0.457 e. The summed E-state index contributed by atoms with van der Waals surface area (Å²) >= 11 is 0. The van der Waals surface area contributed by atoms with Crippen molar-refractivity contribution in [3.8, 4) is 22.8 Å². The lowest BCUT2D eigenvalue weighted by Gasteiger charge is -2.19. The number of aliphatic hydroxyl groups excluding tert-OH is 1. The molecule has 0 saturated carbocycles. The molecule has 7 nitrogen and oxygen atoms in total. The zero-order valence-electron chi connectivity index (χ0n) is 19.8. The lowest BCUT2D eigenvalue weighted by atomic mass is 10.1. The van der Waals surface area contributed by atoms with Gasteiger partial charge in [-0.25, -0.2) is 0 Å². The molecule has 1 atom stereocenters. The topological polar surface area (TPSA) is 82.0 Å². The van der Waals surface area contributed by atoms with Gasteiger partial charge in [-0.05, 0) is 54.6 Å². The third-order valence-corrected chi connectivity index (χ3v) is 5.74. The Bertz CT molecular complexity index is 1180. The Hall–Kier alpha value is -3.31. The molecule has 0 radical (unpaired) electrons. The molecule has 1 aromatic heterocycles. The third-order valence-electron chi connectivity index (χ3n) is 5.74. The van der Waals surface area contributed by atoms with E-state index in [1.807, 2.05) is 35.2 Å². The molecule has 1 fully saturated rings. The number of aromatic nitrogens is 1. The third kappa shape index (κ3) is 6.67. The molecule has 190 valence electrons. The summed E-state index contributed by atoms with van der Waals surface area (Å²) in [7, 11) is 1.49. The number of pyridine rings is 1. The Morgan fingerprint density at radius 2 is 2.00 bits per heavy atom. The van der Waals surface area contributed by atoms with Crippen LogP contribution in [-0.2, 0) is 12.7 Å². The molecule has 0 amide bonds. The summed E-state index contributed by atoms with van der Waals surface area (Å²) in [6, 6.07) is 16.3. The van der Waals surface area contributed by atoms with Gasteiger partial charge in [0.15, 0.2) is 6.35 Å². The number of halogens is 3. The number of hydrogen-bond donors (Lipinski definition) is 3. The van der Waals surface area contributed by atoms with E-state index in [2.05, 4.69) is 15.6 Å². The fourth-order valence-electron chi connectivity index (χ4n) is 3.88. The van der Waals surface area contributed by atoms with E-state index >= 15 is 0 Å². The average Bonchev–Trinajstić information content (AvgIpc) is 3.27. The van der Waals surface area contributed by atoms with Crippen LogP contribution >= 0.6 is 0 Å². The van der Waals surface area contributed by atoms with Gasteiger partial charge in [-0.2, -0.15) is 13.2 Å². The van der Waals surface area contributed by atoms with Gasteiger partial charge in [0.2, 0.25) is 0 Å². The molecular weight excluding hydrogens is 471 g/mol. The lowest BCUT2D eigenvalue weighted by molar-refractivity contribution is -0.137. The quantitative estimate of drug-likeness (QED) is 0.306. The second-order valence-corrected chi connectivity index (χ2v) is 8.32. The van der Waals surface area contributed by atoms with Crippen molar-refractivity contribution in [2.45, 2.75) is 19.1 Å². The number of aliphatic imine (C=N–C) groups is 1. The summed E-state index contributed by atoms with van der Waals surface area (Å²) in [6.45, 7) is 3.67. The molecule has 2 aromatic carbocycles. The molecule has 3 aromatic rings. The number of nitrogens with zero attached hydrogens (tertiary/aromatic N) is 3. The number of aliphatic hydroxyl groups is 1. The molecule has 3 N–H and O–H groups in total. The Morgan fingerprint density at radius 1 is 1.19 bits per heavy atom. The van der Waals surface area contributed by atoms with Crippen LogP contribution in [0, 0.1) is 0 Å². The Morgan fingerprint density at radius 3 is 2.69 bits per heavy atom. The van der Waals surface area contributed by atoms with Crippen molar-refractivity contribution in [1.82, 2.24) is 20.5 Å². The van der Waals surface area contributed by atoms with Gasteiger partial charge >= 0.3 is 6.18 Å². The van der Waals surface area contributed by atoms with Crippen LogP contribution < -0.4 is 15.4 Å². The summed E-state index contributed by atoms with van der Waals surface area (Å²) in [4.78, 5) is 10.5. The molecule has 36 heavy (non-hydrogen) atoms. The molecule has 1 aliphatic heterocycles. The molecule has 0 spiro atoms. The standard InChI is InChI=1S/C26H28F3N5O2/c1-30-16-19-15-20(26(27,28)29)7-10-24(19)36-22-8-5-18(6-9-22)23-4-2-3-21(33-23)17-31-11-13-34-14-12-32-25(34)35/h2-10,15-16,25,31-32,35H,11-14,17H2,1H3. The van der Waals surface area contributed by atoms with E-state index in [4.69, 9.17) is 9.72 Å². The highest BCUT2D eigenvalue weighted by Gasteiger charge is 2.31. The number of rotatable bonds is 9. The van der Waals surface area contributed by atoms with Gasteiger partial charge in [-0.15, -0.1) is 0 Å². The SMILES string of the molecule is CN=Cc1cc(C(F)(F)F)ccc1Oc1ccc(-c2cccc(CNCCN3CCNC3O)n2)cc1. The molecule has 1 saturated heterocycles. The highest BCUT2D eigenvalue weighted by Crippen LogP contribution is 2.34. The van der Waals surface area contributed by atoms with Crippen molar-refractivity contribution < 1.29 is 23.0 Å². The van der Waals surface area contributed by atoms with E-state index in [0.29, 0.717) is 12.3 Å². The summed E-state index contributed by atoms with van der Waals surface area (Å²) < 4.78 is 45.0. The minimum atomic E-state index is -4.44. The zero-order chi connectivity index (χ0) is 25.5. The number of hydrogen-bond acceptors (Lipinski definition) is 7. The molecule has 1 aliphatic rings. The number of nitrogens with one attached hydrogen (secondary N) is 2. The van der Waals surface area contributed by atoms with Crippen molar-refractivity contribution in [2.24, 2.45) is 4.99 Å². The number of ether oxygens (including phenoxy) is 1. The summed E-state index contributed by atoms with van der Waals surface area (Å²) in [5, 5.41) is 16.1. The van der Waals surface area contributed by atoms with Crippen molar-refractivity contribution in [3.63, 3.8) is 0 Å². The van der Waals surface area contributed by atoms with Crippen LogP contribution in [0.15, 0.2) is 65.7 Å². The molecule has 4 rings (SSSR count). The van der Waals surface area contributed by atoms with Gasteiger partial charge in [0.25, 0.3) is 0 Å². The summed E-state index contributed by atoms with van der Waals surface area (Å²) in [6.07, 6.45) is -3.68. The number of alkyl halides is 3. The predicted octanol–water partition coefficient (Wildman–Crippen LogP) is 3.88. The van der Waals surface area contributed by atoms with Gasteiger partial charge < -0.3 is 15.2 Å². The second kappa shape index (κ2) is 11.6. The maximum Gasteiger partial charge on any atom is 0.416 e. The lowest BCUT2D eigenvalue weighted by Crippen LogP contribution is -2.39. The monoisotopic (exact) mass is 499 g/mol. The minimum absolute atomic E-state index is 0.244. The van der Waals surface area contributed by atoms with Crippen LogP contribution in [0.1, 0.15) is 16.8 Å². The Balaban J connectivity index is 1.38. The average molecular weight is 500 g/mol. The van der Waals surface area contributed by atoms with Crippen molar-refractivity contribution >= 4 is 6.21 Å². The van der Waals surface area contributed by atoms with Crippen LogP contribution in [-0.4, -0.2) is 60.8 Å². The first kappa shape index (κ1) is 25.8. The van der Waals surface area contributed by atoms with Crippen LogP contribution in [0.4, 0.5) is 13.2 Å².